The van der Waals surface area contributed by atoms with Crippen LogP contribution in [0.2, 0.25) is 5.02 Å². The molecule has 0 aliphatic rings. The SMILES string of the molecule is CC(C)C(CBr)NCc1ccc(Cl)c(F)c1. The van der Waals surface area contributed by atoms with Crippen LogP contribution in [0.25, 0.3) is 0 Å². The predicted octanol–water partition coefficient (Wildman–Crippen LogP) is 3.99. The molecule has 1 aromatic carbocycles. The molecule has 0 bridgehead atoms. The molecule has 1 rings (SSSR count). The van der Waals surface area contributed by atoms with Crippen LogP contribution in [0.1, 0.15) is 19.4 Å². The maximum atomic E-state index is 13.2. The topological polar surface area (TPSA) is 12.0 Å². The predicted molar refractivity (Wildman–Crippen MR) is 70.7 cm³/mol. The lowest BCUT2D eigenvalue weighted by atomic mass is 10.1. The molecular formula is C12H16BrClFN. The van der Waals surface area contributed by atoms with Crippen LogP contribution in [0.4, 0.5) is 4.39 Å². The Bertz CT molecular complexity index is 344. The van der Waals surface area contributed by atoms with Crippen LogP contribution in [0.15, 0.2) is 18.2 Å². The number of nitrogens with one attached hydrogen (secondary N) is 1. The maximum Gasteiger partial charge on any atom is 0.142 e. The summed E-state index contributed by atoms with van der Waals surface area (Å²) in [5.41, 5.74) is 0.911. The molecule has 0 aromatic heterocycles. The highest BCUT2D eigenvalue weighted by molar-refractivity contribution is 9.09. The van der Waals surface area contributed by atoms with Crippen molar-refractivity contribution in [2.24, 2.45) is 5.92 Å². The zero-order chi connectivity index (χ0) is 12.1. The first kappa shape index (κ1) is 13.9. The Hall–Kier alpha value is -0.120. The van der Waals surface area contributed by atoms with Gasteiger partial charge in [0.1, 0.15) is 5.82 Å². The Balaban J connectivity index is 2.57. The number of hydrogen-bond donors (Lipinski definition) is 1. The van der Waals surface area contributed by atoms with Crippen LogP contribution in [0, 0.1) is 11.7 Å². The molecule has 0 aliphatic carbocycles. The van der Waals surface area contributed by atoms with Crippen molar-refractivity contribution in [2.45, 2.75) is 26.4 Å². The number of halogens is 3. The van der Waals surface area contributed by atoms with Gasteiger partial charge in [-0.05, 0) is 23.6 Å². The van der Waals surface area contributed by atoms with E-state index in [0.29, 0.717) is 18.5 Å². The molecule has 0 amide bonds. The molecule has 1 aromatic rings. The highest BCUT2D eigenvalue weighted by Crippen LogP contribution is 2.16. The summed E-state index contributed by atoms with van der Waals surface area (Å²) < 4.78 is 13.2. The van der Waals surface area contributed by atoms with Gasteiger partial charge in [0.25, 0.3) is 0 Å². The van der Waals surface area contributed by atoms with Gasteiger partial charge in [0.2, 0.25) is 0 Å². The van der Waals surface area contributed by atoms with E-state index in [1.807, 2.05) is 6.07 Å². The Kier molecular flexibility index (Phi) is 5.73. The average Bonchev–Trinajstić information content (AvgIpc) is 2.23. The van der Waals surface area contributed by atoms with Crippen molar-refractivity contribution in [3.05, 3.63) is 34.6 Å². The molecule has 0 heterocycles. The molecular weight excluding hydrogens is 292 g/mol. The summed E-state index contributed by atoms with van der Waals surface area (Å²) in [7, 11) is 0. The van der Waals surface area contributed by atoms with Gasteiger partial charge < -0.3 is 5.32 Å². The van der Waals surface area contributed by atoms with Gasteiger partial charge in [-0.3, -0.25) is 0 Å². The third-order valence-corrected chi connectivity index (χ3v) is 3.53. The molecule has 0 aliphatic heterocycles. The molecule has 1 N–H and O–H groups in total. The van der Waals surface area contributed by atoms with Gasteiger partial charge >= 0.3 is 0 Å². The van der Waals surface area contributed by atoms with Crippen molar-refractivity contribution in [2.75, 3.05) is 5.33 Å². The van der Waals surface area contributed by atoms with Crippen molar-refractivity contribution in [1.82, 2.24) is 5.32 Å². The smallest absolute Gasteiger partial charge is 0.142 e. The van der Waals surface area contributed by atoms with Crippen LogP contribution in [-0.2, 0) is 6.54 Å². The fourth-order valence-corrected chi connectivity index (χ4v) is 2.46. The molecule has 90 valence electrons. The summed E-state index contributed by atoms with van der Waals surface area (Å²) in [4.78, 5) is 0. The zero-order valence-corrected chi connectivity index (χ0v) is 11.8. The number of alkyl halides is 1. The molecule has 1 atom stereocenters. The fraction of sp³-hybridized carbons (Fsp3) is 0.500. The van der Waals surface area contributed by atoms with Gasteiger partial charge in [-0.2, -0.15) is 0 Å². The lowest BCUT2D eigenvalue weighted by Crippen LogP contribution is -2.34. The quantitative estimate of drug-likeness (QED) is 0.811. The second kappa shape index (κ2) is 6.58. The Labute approximate surface area is 110 Å². The molecule has 4 heteroatoms. The molecule has 0 saturated carbocycles. The van der Waals surface area contributed by atoms with Gasteiger partial charge in [0.15, 0.2) is 0 Å². The third-order valence-electron chi connectivity index (χ3n) is 2.52. The van der Waals surface area contributed by atoms with Gasteiger partial charge in [-0.15, -0.1) is 0 Å². The van der Waals surface area contributed by atoms with Crippen LogP contribution in [0.3, 0.4) is 0 Å². The van der Waals surface area contributed by atoms with Gasteiger partial charge in [-0.1, -0.05) is 47.4 Å². The highest BCUT2D eigenvalue weighted by Gasteiger charge is 2.11. The minimum atomic E-state index is -0.360. The van der Waals surface area contributed by atoms with Crippen molar-refractivity contribution in [3.63, 3.8) is 0 Å². The molecule has 1 unspecified atom stereocenters. The summed E-state index contributed by atoms with van der Waals surface area (Å²) in [5.74, 6) is 0.178. The van der Waals surface area contributed by atoms with E-state index in [2.05, 4.69) is 35.1 Å². The first-order valence-corrected chi connectivity index (χ1v) is 6.77. The Morgan fingerprint density at radius 3 is 2.62 bits per heavy atom. The summed E-state index contributed by atoms with van der Waals surface area (Å²) in [6.07, 6.45) is 0. The monoisotopic (exact) mass is 307 g/mol. The fourth-order valence-electron chi connectivity index (χ4n) is 1.37. The van der Waals surface area contributed by atoms with E-state index >= 15 is 0 Å². The highest BCUT2D eigenvalue weighted by atomic mass is 79.9. The van der Waals surface area contributed by atoms with Crippen molar-refractivity contribution < 1.29 is 4.39 Å². The Morgan fingerprint density at radius 2 is 2.12 bits per heavy atom. The van der Waals surface area contributed by atoms with E-state index in [-0.39, 0.29) is 10.8 Å². The molecule has 0 spiro atoms. The summed E-state index contributed by atoms with van der Waals surface area (Å²) in [6.45, 7) is 4.96. The maximum absolute atomic E-state index is 13.2. The standard InChI is InChI=1S/C12H16BrClFN/c1-8(2)12(6-13)16-7-9-3-4-10(14)11(15)5-9/h3-5,8,12,16H,6-7H2,1-2H3. The number of hydrogen-bond acceptors (Lipinski definition) is 1. The zero-order valence-electron chi connectivity index (χ0n) is 9.43. The first-order valence-electron chi connectivity index (χ1n) is 5.28. The van der Waals surface area contributed by atoms with Gasteiger partial charge in [0, 0.05) is 17.9 Å². The van der Waals surface area contributed by atoms with Crippen LogP contribution in [-0.4, -0.2) is 11.4 Å². The molecule has 1 nitrogen and oxygen atoms in total. The average molecular weight is 309 g/mol. The summed E-state index contributed by atoms with van der Waals surface area (Å²) in [5, 5.41) is 4.44. The molecule has 0 fully saturated rings. The minimum Gasteiger partial charge on any atom is -0.309 e. The van der Waals surface area contributed by atoms with Crippen LogP contribution in [0.5, 0.6) is 0 Å². The largest absolute Gasteiger partial charge is 0.309 e. The van der Waals surface area contributed by atoms with Crippen LogP contribution < -0.4 is 5.32 Å². The van der Waals surface area contributed by atoms with E-state index in [0.717, 1.165) is 10.9 Å². The third kappa shape index (κ3) is 4.04. The van der Waals surface area contributed by atoms with E-state index in [1.54, 1.807) is 6.07 Å². The second-order valence-corrected chi connectivity index (χ2v) is 5.19. The van der Waals surface area contributed by atoms with E-state index in [4.69, 9.17) is 11.6 Å². The molecule has 0 radical (unpaired) electrons. The summed E-state index contributed by atoms with van der Waals surface area (Å²) in [6, 6.07) is 5.29. The summed E-state index contributed by atoms with van der Waals surface area (Å²) >= 11 is 9.08. The second-order valence-electron chi connectivity index (χ2n) is 4.13. The van der Waals surface area contributed by atoms with Gasteiger partial charge in [-0.25, -0.2) is 4.39 Å². The van der Waals surface area contributed by atoms with Crippen molar-refractivity contribution >= 4 is 27.5 Å². The Morgan fingerprint density at radius 1 is 1.44 bits per heavy atom. The van der Waals surface area contributed by atoms with Crippen molar-refractivity contribution in [1.29, 1.82) is 0 Å². The number of benzene rings is 1. The van der Waals surface area contributed by atoms with Crippen molar-refractivity contribution in [3.8, 4) is 0 Å². The lowest BCUT2D eigenvalue weighted by Gasteiger charge is -2.20. The molecule has 16 heavy (non-hydrogen) atoms. The lowest BCUT2D eigenvalue weighted by molar-refractivity contribution is 0.433. The van der Waals surface area contributed by atoms with Crippen LogP contribution >= 0.6 is 27.5 Å². The van der Waals surface area contributed by atoms with E-state index in [9.17, 15) is 4.39 Å². The first-order chi connectivity index (χ1) is 7.54. The van der Waals surface area contributed by atoms with E-state index in [1.165, 1.54) is 6.07 Å². The van der Waals surface area contributed by atoms with Gasteiger partial charge in [0.05, 0.1) is 5.02 Å². The minimum absolute atomic E-state index is 0.171. The number of rotatable bonds is 5. The normalized spacial score (nSPS) is 13.1. The van der Waals surface area contributed by atoms with E-state index < -0.39 is 0 Å². The molecule has 0 saturated heterocycles.